The zero-order chi connectivity index (χ0) is 29.4. The molecular weight excluding hydrogens is 643 g/mol. The molecule has 1 N–H and O–H groups in total. The van der Waals surface area contributed by atoms with Gasteiger partial charge in [0.2, 0.25) is 0 Å². The Morgan fingerprint density at radius 1 is 1.07 bits per heavy atom. The Morgan fingerprint density at radius 3 is 2.62 bits per heavy atom. The van der Waals surface area contributed by atoms with E-state index in [0.29, 0.717) is 29.2 Å². The van der Waals surface area contributed by atoms with Gasteiger partial charge < -0.3 is 19.7 Å². The molecule has 222 valence electrons. The number of carbonyl (C=O) groups excluding carboxylic acids is 1. The van der Waals surface area contributed by atoms with Crippen LogP contribution in [0.4, 0.5) is 4.39 Å². The Morgan fingerprint density at radius 2 is 1.86 bits per heavy atom. The molecule has 0 radical (unpaired) electrons. The van der Waals surface area contributed by atoms with Gasteiger partial charge in [0.05, 0.1) is 38.2 Å². The number of carbonyl (C=O) groups is 1. The summed E-state index contributed by atoms with van der Waals surface area (Å²) in [4.78, 5) is 21.8. The summed E-state index contributed by atoms with van der Waals surface area (Å²) in [5.74, 6) is -0.245. The fourth-order valence-corrected chi connectivity index (χ4v) is 7.47. The lowest BCUT2D eigenvalue weighted by atomic mass is 9.93. The number of ether oxygens (including phenoxy) is 2. The molecule has 6 rings (SSSR count). The van der Waals surface area contributed by atoms with Gasteiger partial charge in [-0.15, -0.1) is 11.3 Å². The molecule has 1 saturated carbocycles. The molecule has 2 aliphatic heterocycles. The highest BCUT2D eigenvalue weighted by Crippen LogP contribution is 2.42. The monoisotopic (exact) mass is 669 g/mol. The van der Waals surface area contributed by atoms with Crippen LogP contribution in [0.3, 0.4) is 0 Å². The van der Waals surface area contributed by atoms with E-state index in [1.165, 1.54) is 0 Å². The Hall–Kier alpha value is -1.91. The van der Waals surface area contributed by atoms with Gasteiger partial charge in [0, 0.05) is 36.4 Å². The Kier molecular flexibility index (Phi) is 9.31. The summed E-state index contributed by atoms with van der Waals surface area (Å²) in [6.45, 7) is 1.17. The van der Waals surface area contributed by atoms with Gasteiger partial charge in [-0.25, -0.2) is 9.37 Å². The number of halogens is 5. The van der Waals surface area contributed by atoms with Crippen LogP contribution in [0.25, 0.3) is 5.57 Å². The van der Waals surface area contributed by atoms with Crippen LogP contribution >= 0.6 is 57.7 Å². The van der Waals surface area contributed by atoms with Crippen molar-refractivity contribution in [2.45, 2.75) is 63.4 Å². The highest BCUT2D eigenvalue weighted by Gasteiger charge is 2.42. The van der Waals surface area contributed by atoms with Crippen molar-refractivity contribution in [3.05, 3.63) is 83.5 Å². The van der Waals surface area contributed by atoms with Gasteiger partial charge in [-0.2, -0.15) is 0 Å². The van der Waals surface area contributed by atoms with E-state index >= 15 is 0 Å². The third-order valence-corrected chi connectivity index (χ3v) is 10.2. The lowest BCUT2D eigenvalue weighted by Crippen LogP contribution is -2.44. The van der Waals surface area contributed by atoms with Crippen LogP contribution in [-0.2, 0) is 22.7 Å². The zero-order valence-corrected chi connectivity index (χ0v) is 26.3. The first-order valence-electron chi connectivity index (χ1n) is 13.8. The first kappa shape index (κ1) is 30.1. The number of rotatable bonds is 11. The van der Waals surface area contributed by atoms with Gasteiger partial charge in [-0.3, -0.25) is 4.79 Å². The summed E-state index contributed by atoms with van der Waals surface area (Å²) in [6.07, 6.45) is 6.56. The maximum absolute atomic E-state index is 14.2. The van der Waals surface area contributed by atoms with Crippen molar-refractivity contribution in [2.24, 2.45) is 0 Å². The fraction of sp³-hybridized carbons (Fsp3) is 0.400. The molecule has 2 atom stereocenters. The average molecular weight is 671 g/mol. The minimum Gasteiger partial charge on any atom is -0.488 e. The van der Waals surface area contributed by atoms with Crippen molar-refractivity contribution in [1.82, 2.24) is 15.2 Å². The molecule has 42 heavy (non-hydrogen) atoms. The largest absolute Gasteiger partial charge is 0.488 e. The molecule has 2 fully saturated rings. The van der Waals surface area contributed by atoms with Crippen LogP contribution in [0.2, 0.25) is 20.1 Å². The van der Waals surface area contributed by atoms with E-state index in [1.54, 1.807) is 17.4 Å². The second kappa shape index (κ2) is 13.0. The molecule has 2 aromatic carbocycles. The second-order valence-corrected chi connectivity index (χ2v) is 13.4. The lowest BCUT2D eigenvalue weighted by Gasteiger charge is -2.31. The van der Waals surface area contributed by atoms with Crippen LogP contribution < -0.4 is 10.1 Å². The molecule has 3 aliphatic rings. The number of nitrogens with zero attached hydrogens (tertiary/aromatic N) is 2. The molecule has 2 bridgehead atoms. The molecule has 2 unspecified atom stereocenters. The molecule has 1 aromatic heterocycles. The summed E-state index contributed by atoms with van der Waals surface area (Å²) in [6, 6.07) is 8.43. The SMILES string of the molecule is O=C(C1=C(c2cnc(COCCOc3c(Cl)cc(F)cc3Cl)s2)CC2CCC1N2)N(Cc1cccc(Cl)c1Cl)C1CC1. The third-order valence-electron chi connectivity index (χ3n) is 7.73. The molecule has 3 aromatic rings. The van der Waals surface area contributed by atoms with Crippen LogP contribution in [0.5, 0.6) is 5.75 Å². The smallest absolute Gasteiger partial charge is 0.252 e. The molecule has 1 saturated heterocycles. The Labute approximate surface area is 267 Å². The Bertz CT molecular complexity index is 1510. The van der Waals surface area contributed by atoms with E-state index in [1.807, 2.05) is 23.2 Å². The van der Waals surface area contributed by atoms with E-state index in [4.69, 9.17) is 55.9 Å². The van der Waals surface area contributed by atoms with E-state index in [2.05, 4.69) is 10.3 Å². The normalized spacial score (nSPS) is 19.8. The molecule has 12 heteroatoms. The van der Waals surface area contributed by atoms with Crippen LogP contribution in [0.1, 0.15) is 47.6 Å². The van der Waals surface area contributed by atoms with Crippen LogP contribution in [0, 0.1) is 5.82 Å². The molecule has 1 amide bonds. The summed E-state index contributed by atoms with van der Waals surface area (Å²) in [5.41, 5.74) is 2.76. The average Bonchev–Trinajstić information content (AvgIpc) is 3.57. The predicted octanol–water partition coefficient (Wildman–Crippen LogP) is 7.96. The van der Waals surface area contributed by atoms with Gasteiger partial charge >= 0.3 is 0 Å². The summed E-state index contributed by atoms with van der Waals surface area (Å²) in [5, 5.41) is 5.66. The van der Waals surface area contributed by atoms with E-state index in [9.17, 15) is 9.18 Å². The first-order valence-corrected chi connectivity index (χ1v) is 16.1. The highest BCUT2D eigenvalue weighted by molar-refractivity contribution is 7.12. The maximum atomic E-state index is 14.2. The number of hydrogen-bond acceptors (Lipinski definition) is 6. The molecule has 1 aliphatic carbocycles. The standard InChI is InChI=1S/C30H28Cl4FN3O3S/c31-21-3-1-2-16(28(21)34)14-38(19-5-6-19)30(39)27-20(12-18-4-7-24(27)37-18)25-13-36-26(42-25)15-40-8-9-41-29-22(32)10-17(35)11-23(29)33/h1-3,10-11,13,18-19,24,37H,4-9,12,14-15H2. The second-order valence-electron chi connectivity index (χ2n) is 10.7. The van der Waals surface area contributed by atoms with Crippen molar-refractivity contribution >= 4 is 69.2 Å². The summed E-state index contributed by atoms with van der Waals surface area (Å²) in [7, 11) is 0. The third kappa shape index (κ3) is 6.60. The van der Waals surface area contributed by atoms with Crippen LogP contribution in [-0.4, -0.2) is 47.1 Å². The molecule has 0 spiro atoms. The number of thiazole rings is 1. The van der Waals surface area contributed by atoms with Crippen molar-refractivity contribution < 1.29 is 18.7 Å². The highest BCUT2D eigenvalue weighted by atomic mass is 35.5. The number of nitrogens with one attached hydrogen (secondary N) is 1. The topological polar surface area (TPSA) is 63.7 Å². The van der Waals surface area contributed by atoms with Crippen LogP contribution in [0.15, 0.2) is 42.1 Å². The van der Waals surface area contributed by atoms with Gasteiger partial charge in [-0.1, -0.05) is 58.5 Å². The molecular formula is C30H28Cl4FN3O3S. The number of amides is 1. The summed E-state index contributed by atoms with van der Waals surface area (Å²) < 4.78 is 24.8. The van der Waals surface area contributed by atoms with Crippen molar-refractivity contribution in [3.8, 4) is 5.75 Å². The summed E-state index contributed by atoms with van der Waals surface area (Å²) >= 11 is 26.4. The van der Waals surface area contributed by atoms with Gasteiger partial charge in [0.25, 0.3) is 5.91 Å². The number of hydrogen-bond donors (Lipinski definition) is 1. The first-order chi connectivity index (χ1) is 20.3. The minimum absolute atomic E-state index is 0.0198. The molecule has 6 nitrogen and oxygen atoms in total. The van der Waals surface area contributed by atoms with Crippen molar-refractivity contribution in [3.63, 3.8) is 0 Å². The quantitative estimate of drug-likeness (QED) is 0.210. The van der Waals surface area contributed by atoms with E-state index in [0.717, 1.165) is 70.8 Å². The zero-order valence-electron chi connectivity index (χ0n) is 22.5. The predicted molar refractivity (Wildman–Crippen MR) is 165 cm³/mol. The van der Waals surface area contributed by atoms with E-state index in [-0.39, 0.29) is 47.0 Å². The lowest BCUT2D eigenvalue weighted by molar-refractivity contribution is -0.128. The van der Waals surface area contributed by atoms with Gasteiger partial charge in [0.15, 0.2) is 5.75 Å². The Balaban J connectivity index is 1.15. The van der Waals surface area contributed by atoms with Crippen molar-refractivity contribution in [2.75, 3.05) is 13.2 Å². The minimum atomic E-state index is -0.527. The number of fused-ring (bicyclic) bond motifs is 2. The van der Waals surface area contributed by atoms with Gasteiger partial charge in [0.1, 0.15) is 17.4 Å². The molecule has 3 heterocycles. The number of aromatic nitrogens is 1. The fourth-order valence-electron chi connectivity index (χ4n) is 5.59. The van der Waals surface area contributed by atoms with Crippen molar-refractivity contribution in [1.29, 1.82) is 0 Å². The van der Waals surface area contributed by atoms with E-state index < -0.39 is 5.82 Å². The van der Waals surface area contributed by atoms with Gasteiger partial charge in [-0.05, 0) is 61.4 Å². The maximum Gasteiger partial charge on any atom is 0.252 e. The number of benzene rings is 2.